The molecule has 3 atom stereocenters. The molecule has 6 heterocycles. The van der Waals surface area contributed by atoms with Gasteiger partial charge in [0.15, 0.2) is 5.78 Å². The molecule has 0 aliphatic carbocycles. The fourth-order valence-electron chi connectivity index (χ4n) is 8.55. The van der Waals surface area contributed by atoms with E-state index in [9.17, 15) is 42.7 Å². The van der Waals surface area contributed by atoms with Crippen molar-refractivity contribution in [3.05, 3.63) is 114 Å². The van der Waals surface area contributed by atoms with Gasteiger partial charge in [0.05, 0.1) is 17.2 Å². The first-order valence-corrected chi connectivity index (χ1v) is 22.5. The number of imide groups is 2. The van der Waals surface area contributed by atoms with Crippen molar-refractivity contribution in [2.45, 2.75) is 102 Å². The van der Waals surface area contributed by atoms with Gasteiger partial charge in [0, 0.05) is 71.3 Å². The Morgan fingerprint density at radius 1 is 0.710 bits per heavy atom. The summed E-state index contributed by atoms with van der Waals surface area (Å²) in [5.41, 5.74) is 4.56. The van der Waals surface area contributed by atoms with Crippen LogP contribution in [0.5, 0.6) is 0 Å². The Bertz CT molecular complexity index is 2410. The minimum atomic E-state index is -0.689. The molecular weight excluding hydrogens is 834 g/mol. The Balaban J connectivity index is 0.000000187. The number of thiophene rings is 2. The second-order valence-electron chi connectivity index (χ2n) is 16.1. The van der Waals surface area contributed by atoms with E-state index in [4.69, 9.17) is 0 Å². The van der Waals surface area contributed by atoms with Gasteiger partial charge in [-0.25, -0.2) is 4.39 Å². The first-order valence-electron chi connectivity index (χ1n) is 20.8. The van der Waals surface area contributed by atoms with Gasteiger partial charge in [-0.1, -0.05) is 48.5 Å². The van der Waals surface area contributed by atoms with Crippen molar-refractivity contribution in [3.8, 4) is 0 Å². The molecule has 16 heteroatoms. The van der Waals surface area contributed by atoms with Crippen LogP contribution < -0.4 is 10.6 Å². The number of aryl methyl sites for hydroxylation is 3. The number of likely N-dealkylation sites (N-methyl/N-ethyl adjacent to an activating group) is 1. The summed E-state index contributed by atoms with van der Waals surface area (Å²) in [6.07, 6.45) is 5.16. The molecule has 0 bridgehead atoms. The fraction of sp³-hybridized carbons (Fsp3) is 0.391. The maximum absolute atomic E-state index is 14.3. The van der Waals surface area contributed by atoms with E-state index in [0.717, 1.165) is 33.7 Å². The van der Waals surface area contributed by atoms with Gasteiger partial charge >= 0.3 is 0 Å². The van der Waals surface area contributed by atoms with Crippen LogP contribution in [-0.2, 0) is 61.1 Å². The van der Waals surface area contributed by atoms with Crippen molar-refractivity contribution in [2.24, 2.45) is 0 Å². The molecule has 0 spiro atoms. The first kappa shape index (κ1) is 44.3. The molecular formula is C46H48FN5O8S2. The maximum atomic E-state index is 14.3. The minimum absolute atomic E-state index is 0.103. The lowest BCUT2D eigenvalue weighted by Gasteiger charge is -2.29. The van der Waals surface area contributed by atoms with Crippen LogP contribution in [0.3, 0.4) is 0 Å². The van der Waals surface area contributed by atoms with Crippen LogP contribution >= 0.6 is 22.7 Å². The van der Waals surface area contributed by atoms with E-state index in [1.807, 2.05) is 23.6 Å². The first-order chi connectivity index (χ1) is 29.8. The smallest absolute Gasteiger partial charge is 0.256 e. The van der Waals surface area contributed by atoms with Crippen molar-refractivity contribution in [2.75, 3.05) is 14.1 Å². The third-order valence-electron chi connectivity index (χ3n) is 11.8. The molecule has 2 aromatic carbocycles. The van der Waals surface area contributed by atoms with Gasteiger partial charge in [-0.15, -0.1) is 22.7 Å². The summed E-state index contributed by atoms with van der Waals surface area (Å²) in [5.74, 6) is -2.12. The predicted molar refractivity (Wildman–Crippen MR) is 230 cm³/mol. The number of Topliss-reactive ketones (excluding diaryl/α,β-unsaturated/α-hetero) is 2. The van der Waals surface area contributed by atoms with Crippen molar-refractivity contribution < 1.29 is 42.7 Å². The molecule has 6 amide bonds. The van der Waals surface area contributed by atoms with Gasteiger partial charge in [0.2, 0.25) is 23.6 Å². The second-order valence-corrected chi connectivity index (χ2v) is 18.1. The number of carbonyl (C=O) groups excluding carboxylic acids is 8. The number of rotatable bonds is 15. The standard InChI is InChI=1S/C23H24FN3O4S.C23H24N2O4S/c1-26(2)21(13-5-3-4-6-16(13)24)18(28)8-9-19-14-11-27(23(31)15(14)12-32-19)17-7-10-20(29)25-22(17)30;26-16(8-4-7-15-5-2-1-3-6-15)9-11-20-17-13-25(23(29)18(17)14-30-20)19-10-12-21(27)24-22(19)28/h3-6,12,17,21H,7-11H2,1-2H3,(H,25,29,30);1-3,5-6,14,19H,4,7-13H2,(H,24,27,28). The maximum Gasteiger partial charge on any atom is 0.256 e. The third kappa shape index (κ3) is 9.82. The molecule has 2 aromatic heterocycles. The molecule has 0 saturated carbocycles. The molecule has 3 unspecified atom stereocenters. The zero-order chi connectivity index (χ0) is 44.1. The summed E-state index contributed by atoms with van der Waals surface area (Å²) in [5, 5.41) is 8.21. The Hall–Kier alpha value is -5.71. The van der Waals surface area contributed by atoms with Crippen molar-refractivity contribution in [3.63, 3.8) is 0 Å². The summed E-state index contributed by atoms with van der Waals surface area (Å²) in [6, 6.07) is 14.5. The van der Waals surface area contributed by atoms with E-state index in [1.165, 1.54) is 39.2 Å². The number of carbonyl (C=O) groups is 8. The highest BCUT2D eigenvalue weighted by Gasteiger charge is 2.42. The molecule has 4 aromatic rings. The number of benzene rings is 2. The van der Waals surface area contributed by atoms with Crippen molar-refractivity contribution in [1.82, 2.24) is 25.3 Å². The molecule has 2 N–H and O–H groups in total. The van der Waals surface area contributed by atoms with Crippen LogP contribution in [0.4, 0.5) is 4.39 Å². The van der Waals surface area contributed by atoms with E-state index < -0.39 is 35.8 Å². The van der Waals surface area contributed by atoms with E-state index in [-0.39, 0.29) is 61.0 Å². The Kier molecular flexibility index (Phi) is 14.0. The summed E-state index contributed by atoms with van der Waals surface area (Å²) < 4.78 is 14.3. The molecule has 4 aliphatic heterocycles. The lowest BCUT2D eigenvalue weighted by molar-refractivity contribution is -0.138. The number of nitrogens with one attached hydrogen (secondary N) is 2. The van der Waals surface area contributed by atoms with Crippen LogP contribution in [0.2, 0.25) is 0 Å². The molecule has 2 fully saturated rings. The molecule has 0 radical (unpaired) electrons. The summed E-state index contributed by atoms with van der Waals surface area (Å²) >= 11 is 2.94. The Morgan fingerprint density at radius 2 is 1.23 bits per heavy atom. The van der Waals surface area contributed by atoms with Crippen molar-refractivity contribution in [1.29, 1.82) is 0 Å². The van der Waals surface area contributed by atoms with Gasteiger partial charge < -0.3 is 9.80 Å². The summed E-state index contributed by atoms with van der Waals surface area (Å²) in [4.78, 5) is 105. The van der Waals surface area contributed by atoms with Gasteiger partial charge in [-0.2, -0.15) is 0 Å². The molecule has 13 nitrogen and oxygen atoms in total. The topological polar surface area (TPSA) is 170 Å². The molecule has 62 heavy (non-hydrogen) atoms. The lowest BCUT2D eigenvalue weighted by Crippen LogP contribution is -2.52. The van der Waals surface area contributed by atoms with Crippen LogP contribution in [-0.4, -0.2) is 87.9 Å². The largest absolute Gasteiger partial charge is 0.322 e. The number of piperidine rings is 2. The molecule has 324 valence electrons. The summed E-state index contributed by atoms with van der Waals surface area (Å²) in [7, 11) is 3.49. The van der Waals surface area contributed by atoms with Crippen LogP contribution in [0.1, 0.15) is 110 Å². The number of fused-ring (bicyclic) bond motifs is 2. The number of hydrogen-bond acceptors (Lipinski definition) is 11. The van der Waals surface area contributed by atoms with E-state index in [1.54, 1.807) is 47.5 Å². The fourth-order valence-corrected chi connectivity index (χ4v) is 10.6. The average molecular weight is 882 g/mol. The molecule has 4 aliphatic rings. The molecule has 8 rings (SSSR count). The van der Waals surface area contributed by atoms with Crippen molar-refractivity contribution >= 4 is 69.7 Å². The third-order valence-corrected chi connectivity index (χ3v) is 14.0. The van der Waals surface area contributed by atoms with Crippen LogP contribution in [0.15, 0.2) is 65.4 Å². The zero-order valence-electron chi connectivity index (χ0n) is 34.6. The average Bonchev–Trinajstić information content (AvgIpc) is 4.00. The normalized spacial score (nSPS) is 18.9. The highest BCUT2D eigenvalue weighted by atomic mass is 32.1. The van der Waals surface area contributed by atoms with E-state index in [0.29, 0.717) is 61.8 Å². The zero-order valence-corrected chi connectivity index (χ0v) is 36.2. The summed E-state index contributed by atoms with van der Waals surface area (Å²) in [6.45, 7) is 0.666. The monoisotopic (exact) mass is 881 g/mol. The second kappa shape index (κ2) is 19.6. The van der Waals surface area contributed by atoms with Crippen LogP contribution in [0.25, 0.3) is 0 Å². The van der Waals surface area contributed by atoms with Crippen LogP contribution in [0, 0.1) is 5.82 Å². The highest BCUT2D eigenvalue weighted by Crippen LogP contribution is 2.36. The predicted octanol–water partition coefficient (Wildman–Crippen LogP) is 5.49. The Labute approximate surface area is 366 Å². The van der Waals surface area contributed by atoms with Gasteiger partial charge in [0.1, 0.15) is 23.7 Å². The number of hydrogen-bond donors (Lipinski definition) is 2. The number of ketones is 2. The molecule has 2 saturated heterocycles. The quantitative estimate of drug-likeness (QED) is 0.147. The van der Waals surface area contributed by atoms with E-state index in [2.05, 4.69) is 22.8 Å². The van der Waals surface area contributed by atoms with E-state index >= 15 is 0 Å². The van der Waals surface area contributed by atoms with Gasteiger partial charge in [-0.05, 0) is 75.4 Å². The minimum Gasteiger partial charge on any atom is -0.322 e. The van der Waals surface area contributed by atoms with Gasteiger partial charge in [0.25, 0.3) is 11.8 Å². The highest BCUT2D eigenvalue weighted by molar-refractivity contribution is 7.10. The van der Waals surface area contributed by atoms with Gasteiger partial charge in [-0.3, -0.25) is 53.9 Å². The Morgan fingerprint density at radius 3 is 1.74 bits per heavy atom. The SMILES string of the molecule is CN(C)C(C(=O)CCc1scc2c1CN(C1CCC(=O)NC1=O)C2=O)c1ccccc1F.O=C(CCCc1ccccc1)CCc1scc2c1CN(C1CCC(=O)NC1=O)C2=O. The number of amides is 6. The lowest BCUT2D eigenvalue weighted by atomic mass is 9.97. The number of nitrogens with zero attached hydrogens (tertiary/aromatic N) is 3. The number of halogens is 1.